The number of piperidine rings is 1. The van der Waals surface area contributed by atoms with E-state index >= 15 is 0 Å². The number of nitrogens with zero attached hydrogens (tertiary/aromatic N) is 2. The summed E-state index contributed by atoms with van der Waals surface area (Å²) in [5.41, 5.74) is 2.49. The second-order valence-electron chi connectivity index (χ2n) is 7.96. The Morgan fingerprint density at radius 3 is 2.83 bits per heavy atom. The maximum absolute atomic E-state index is 13.2. The van der Waals surface area contributed by atoms with Gasteiger partial charge in [0.25, 0.3) is 5.91 Å². The molecular formula is C25H29N3O2. The second kappa shape index (κ2) is 9.16. The largest absolute Gasteiger partial charge is 0.494 e. The van der Waals surface area contributed by atoms with Gasteiger partial charge in [0.1, 0.15) is 11.6 Å². The van der Waals surface area contributed by atoms with Gasteiger partial charge in [-0.1, -0.05) is 43.3 Å². The van der Waals surface area contributed by atoms with E-state index in [-0.39, 0.29) is 5.91 Å². The predicted octanol–water partition coefficient (Wildman–Crippen LogP) is 4.80. The van der Waals surface area contributed by atoms with E-state index in [2.05, 4.69) is 17.1 Å². The van der Waals surface area contributed by atoms with Gasteiger partial charge in [-0.25, -0.2) is 4.98 Å². The number of aromatic nitrogens is 1. The molecule has 0 saturated carbocycles. The van der Waals surface area contributed by atoms with Crippen LogP contribution in [0.25, 0.3) is 10.9 Å². The number of benzene rings is 2. The van der Waals surface area contributed by atoms with E-state index in [1.807, 2.05) is 61.5 Å². The highest BCUT2D eigenvalue weighted by atomic mass is 16.5. The summed E-state index contributed by atoms with van der Waals surface area (Å²) in [5, 5.41) is 3.96. The molecule has 0 unspecified atom stereocenters. The summed E-state index contributed by atoms with van der Waals surface area (Å²) in [6.45, 7) is 7.21. The zero-order valence-electron chi connectivity index (χ0n) is 17.7. The summed E-state index contributed by atoms with van der Waals surface area (Å²) in [7, 11) is 0. The molecule has 3 aromatic rings. The van der Waals surface area contributed by atoms with Crippen LogP contribution in [0.5, 0.6) is 5.75 Å². The molecule has 1 aromatic heterocycles. The van der Waals surface area contributed by atoms with Crippen LogP contribution < -0.4 is 15.0 Å². The zero-order chi connectivity index (χ0) is 20.9. The number of hydrogen-bond donors (Lipinski definition) is 1. The van der Waals surface area contributed by atoms with Crippen LogP contribution in [0.3, 0.4) is 0 Å². The van der Waals surface area contributed by atoms with E-state index in [4.69, 9.17) is 9.72 Å². The molecular weight excluding hydrogens is 374 g/mol. The number of para-hydroxylation sites is 2. The van der Waals surface area contributed by atoms with Crippen LogP contribution in [0.4, 0.5) is 5.82 Å². The minimum atomic E-state index is -0.0915. The summed E-state index contributed by atoms with van der Waals surface area (Å²) in [6, 6.07) is 17.6. The van der Waals surface area contributed by atoms with Crippen molar-refractivity contribution in [3.05, 3.63) is 65.7 Å². The molecule has 0 radical (unpaired) electrons. The third kappa shape index (κ3) is 4.40. The van der Waals surface area contributed by atoms with Crippen LogP contribution >= 0.6 is 0 Å². The minimum absolute atomic E-state index is 0.0915. The topological polar surface area (TPSA) is 54.5 Å². The standard InChI is InChI=1S/C25H29N3O2/c1-3-30-23-13-7-4-10-19(23)16-26-25(29)21-15-24(28-14-8-9-18(2)17-28)27-22-12-6-5-11-20(21)22/h4-7,10-13,15,18H,3,8-9,14,16-17H2,1-2H3,(H,26,29)/t18-/m1/s1. The van der Waals surface area contributed by atoms with Gasteiger partial charge < -0.3 is 15.0 Å². The molecule has 1 atom stereocenters. The maximum Gasteiger partial charge on any atom is 0.252 e. The Labute approximate surface area is 178 Å². The van der Waals surface area contributed by atoms with Crippen molar-refractivity contribution in [3.8, 4) is 5.75 Å². The number of fused-ring (bicyclic) bond motifs is 1. The van der Waals surface area contributed by atoms with E-state index in [1.165, 1.54) is 6.42 Å². The first-order chi connectivity index (χ1) is 14.7. The Balaban J connectivity index is 1.61. The highest BCUT2D eigenvalue weighted by molar-refractivity contribution is 6.07. The lowest BCUT2D eigenvalue weighted by Gasteiger charge is -2.32. The van der Waals surface area contributed by atoms with E-state index < -0.39 is 0 Å². The normalized spacial score (nSPS) is 16.5. The lowest BCUT2D eigenvalue weighted by atomic mass is 10.00. The molecule has 1 amide bonds. The van der Waals surface area contributed by atoms with Gasteiger partial charge in [0.2, 0.25) is 0 Å². The van der Waals surface area contributed by atoms with Crippen molar-refractivity contribution in [2.24, 2.45) is 5.92 Å². The van der Waals surface area contributed by atoms with E-state index in [0.29, 0.717) is 24.6 Å². The first-order valence-corrected chi connectivity index (χ1v) is 10.8. The molecule has 2 heterocycles. The number of hydrogen-bond acceptors (Lipinski definition) is 4. The summed E-state index contributed by atoms with van der Waals surface area (Å²) in [4.78, 5) is 20.4. The van der Waals surface area contributed by atoms with Gasteiger partial charge in [-0.2, -0.15) is 0 Å². The van der Waals surface area contributed by atoms with Gasteiger partial charge in [0.15, 0.2) is 0 Å². The predicted molar refractivity (Wildman–Crippen MR) is 121 cm³/mol. The second-order valence-corrected chi connectivity index (χ2v) is 7.96. The molecule has 0 spiro atoms. The Bertz CT molecular complexity index is 1030. The molecule has 1 N–H and O–H groups in total. The van der Waals surface area contributed by atoms with Gasteiger partial charge in [-0.3, -0.25) is 4.79 Å². The van der Waals surface area contributed by atoms with Crippen molar-refractivity contribution in [2.75, 3.05) is 24.6 Å². The highest BCUT2D eigenvalue weighted by Gasteiger charge is 2.20. The number of carbonyl (C=O) groups is 1. The molecule has 156 valence electrons. The smallest absolute Gasteiger partial charge is 0.252 e. The Kier molecular flexibility index (Phi) is 6.17. The lowest BCUT2D eigenvalue weighted by Crippen LogP contribution is -2.35. The van der Waals surface area contributed by atoms with E-state index in [9.17, 15) is 4.79 Å². The monoisotopic (exact) mass is 403 g/mol. The summed E-state index contributed by atoms with van der Waals surface area (Å²) >= 11 is 0. The molecule has 1 aliphatic heterocycles. The van der Waals surface area contributed by atoms with E-state index in [1.54, 1.807) is 0 Å². The highest BCUT2D eigenvalue weighted by Crippen LogP contribution is 2.27. The van der Waals surface area contributed by atoms with Gasteiger partial charge >= 0.3 is 0 Å². The Hall–Kier alpha value is -3.08. The fourth-order valence-electron chi connectivity index (χ4n) is 4.13. The van der Waals surface area contributed by atoms with Crippen LogP contribution in [-0.4, -0.2) is 30.6 Å². The number of carbonyl (C=O) groups excluding carboxylic acids is 1. The first-order valence-electron chi connectivity index (χ1n) is 10.8. The molecule has 5 heteroatoms. The van der Waals surface area contributed by atoms with Crippen LogP contribution in [0.2, 0.25) is 0 Å². The van der Waals surface area contributed by atoms with Crippen LogP contribution in [0, 0.1) is 5.92 Å². The Morgan fingerprint density at radius 2 is 2.00 bits per heavy atom. The quantitative estimate of drug-likeness (QED) is 0.642. The number of amides is 1. The van der Waals surface area contributed by atoms with Gasteiger partial charge in [-0.15, -0.1) is 0 Å². The van der Waals surface area contributed by atoms with E-state index in [0.717, 1.165) is 47.5 Å². The molecule has 1 saturated heterocycles. The molecule has 0 aliphatic carbocycles. The molecule has 30 heavy (non-hydrogen) atoms. The van der Waals surface area contributed by atoms with Crippen molar-refractivity contribution in [1.82, 2.24) is 10.3 Å². The number of anilines is 1. The molecule has 1 fully saturated rings. The lowest BCUT2D eigenvalue weighted by molar-refractivity contribution is 0.0952. The third-order valence-electron chi connectivity index (χ3n) is 5.64. The minimum Gasteiger partial charge on any atom is -0.494 e. The van der Waals surface area contributed by atoms with Crippen LogP contribution in [0.15, 0.2) is 54.6 Å². The first kappa shape index (κ1) is 20.2. The SMILES string of the molecule is CCOc1ccccc1CNC(=O)c1cc(N2CCC[C@@H](C)C2)nc2ccccc12. The van der Waals surface area contributed by atoms with Gasteiger partial charge in [-0.05, 0) is 43.9 Å². The number of pyridine rings is 1. The van der Waals surface area contributed by atoms with Crippen molar-refractivity contribution in [2.45, 2.75) is 33.2 Å². The average Bonchev–Trinajstić information content (AvgIpc) is 2.77. The molecule has 2 aromatic carbocycles. The third-order valence-corrected chi connectivity index (χ3v) is 5.64. The number of rotatable bonds is 6. The fourth-order valence-corrected chi connectivity index (χ4v) is 4.13. The maximum atomic E-state index is 13.2. The van der Waals surface area contributed by atoms with Crippen LogP contribution in [-0.2, 0) is 6.54 Å². The molecule has 5 nitrogen and oxygen atoms in total. The molecule has 1 aliphatic rings. The van der Waals surface area contributed by atoms with Crippen molar-refractivity contribution in [3.63, 3.8) is 0 Å². The summed E-state index contributed by atoms with van der Waals surface area (Å²) < 4.78 is 5.69. The van der Waals surface area contributed by atoms with Gasteiger partial charge in [0, 0.05) is 30.6 Å². The average molecular weight is 404 g/mol. The summed E-state index contributed by atoms with van der Waals surface area (Å²) in [5.74, 6) is 2.24. The van der Waals surface area contributed by atoms with Crippen molar-refractivity contribution >= 4 is 22.6 Å². The molecule has 4 rings (SSSR count). The summed E-state index contributed by atoms with van der Waals surface area (Å²) in [6.07, 6.45) is 2.40. The number of nitrogens with one attached hydrogen (secondary N) is 1. The fraction of sp³-hybridized carbons (Fsp3) is 0.360. The molecule has 0 bridgehead atoms. The Morgan fingerprint density at radius 1 is 1.20 bits per heavy atom. The van der Waals surface area contributed by atoms with Crippen molar-refractivity contribution < 1.29 is 9.53 Å². The van der Waals surface area contributed by atoms with Gasteiger partial charge in [0.05, 0.1) is 17.7 Å². The zero-order valence-corrected chi connectivity index (χ0v) is 17.7. The van der Waals surface area contributed by atoms with Crippen LogP contribution in [0.1, 0.15) is 42.6 Å². The number of ether oxygens (including phenoxy) is 1. The van der Waals surface area contributed by atoms with Crippen molar-refractivity contribution in [1.29, 1.82) is 0 Å².